The molecule has 2 saturated heterocycles. The second kappa shape index (κ2) is 8.26. The zero-order chi connectivity index (χ0) is 19.6. The van der Waals surface area contributed by atoms with Gasteiger partial charge in [0.2, 0.25) is 11.8 Å². The second-order valence-corrected chi connectivity index (χ2v) is 9.38. The molecule has 1 atom stereocenters. The van der Waals surface area contributed by atoms with Crippen LogP contribution in [-0.4, -0.2) is 48.3 Å². The Labute approximate surface area is 169 Å². The van der Waals surface area contributed by atoms with Gasteiger partial charge in [-0.2, -0.15) is 0 Å². The molecule has 1 aromatic rings. The van der Waals surface area contributed by atoms with Crippen molar-refractivity contribution in [1.29, 1.82) is 0 Å². The Balaban J connectivity index is 1.42. The Morgan fingerprint density at radius 3 is 2.29 bits per heavy atom. The minimum atomic E-state index is -0.0379. The van der Waals surface area contributed by atoms with Gasteiger partial charge >= 0.3 is 0 Å². The van der Waals surface area contributed by atoms with E-state index in [-0.39, 0.29) is 23.2 Å². The summed E-state index contributed by atoms with van der Waals surface area (Å²) in [6.45, 7) is 2.55. The minimum Gasteiger partial charge on any atom is -0.345 e. The molecule has 152 valence electrons. The van der Waals surface area contributed by atoms with Crippen LogP contribution in [0.3, 0.4) is 0 Å². The fourth-order valence-electron chi connectivity index (χ4n) is 5.73. The van der Waals surface area contributed by atoms with Gasteiger partial charge in [0, 0.05) is 32.6 Å². The van der Waals surface area contributed by atoms with Crippen molar-refractivity contribution in [3.05, 3.63) is 35.9 Å². The Morgan fingerprint density at radius 1 is 1.00 bits per heavy atom. The Bertz CT molecular complexity index is 686. The van der Waals surface area contributed by atoms with E-state index in [0.29, 0.717) is 5.91 Å². The highest BCUT2D eigenvalue weighted by Crippen LogP contribution is 2.45. The molecule has 1 saturated carbocycles. The molecule has 0 N–H and O–H groups in total. The first-order chi connectivity index (χ1) is 13.6. The predicted molar refractivity (Wildman–Crippen MR) is 111 cm³/mol. The molecule has 3 aliphatic rings. The molecule has 4 nitrogen and oxygen atoms in total. The average Bonchev–Trinajstić information content (AvgIpc) is 3.01. The maximum atomic E-state index is 13.0. The summed E-state index contributed by atoms with van der Waals surface area (Å²) >= 11 is 0. The lowest BCUT2D eigenvalue weighted by Gasteiger charge is -2.49. The molecule has 3 fully saturated rings. The van der Waals surface area contributed by atoms with Crippen molar-refractivity contribution in [3.8, 4) is 0 Å². The summed E-state index contributed by atoms with van der Waals surface area (Å²) in [6.07, 6.45) is 10.1. The number of likely N-dealkylation sites (tertiary alicyclic amines) is 2. The number of hydrogen-bond acceptors (Lipinski definition) is 2. The first kappa shape index (κ1) is 19.5. The van der Waals surface area contributed by atoms with E-state index < -0.39 is 0 Å². The average molecular weight is 383 g/mol. The smallest absolute Gasteiger partial charge is 0.229 e. The number of carbonyl (C=O) groups is 2. The molecule has 0 aromatic heterocycles. The van der Waals surface area contributed by atoms with E-state index in [2.05, 4.69) is 17.0 Å². The van der Waals surface area contributed by atoms with Crippen molar-refractivity contribution < 1.29 is 9.59 Å². The molecule has 0 radical (unpaired) electrons. The monoisotopic (exact) mass is 382 g/mol. The van der Waals surface area contributed by atoms with Crippen LogP contribution in [0, 0.1) is 11.3 Å². The van der Waals surface area contributed by atoms with Crippen LogP contribution in [0.5, 0.6) is 0 Å². The number of piperidine rings is 2. The van der Waals surface area contributed by atoms with Gasteiger partial charge in [-0.05, 0) is 43.1 Å². The van der Waals surface area contributed by atoms with Gasteiger partial charge in [-0.25, -0.2) is 0 Å². The van der Waals surface area contributed by atoms with E-state index in [1.165, 1.54) is 25.7 Å². The van der Waals surface area contributed by atoms with E-state index in [0.717, 1.165) is 57.3 Å². The van der Waals surface area contributed by atoms with Gasteiger partial charge in [-0.3, -0.25) is 9.59 Å². The topological polar surface area (TPSA) is 40.6 Å². The van der Waals surface area contributed by atoms with Gasteiger partial charge in [0.05, 0.1) is 5.92 Å². The molecule has 1 spiro atoms. The van der Waals surface area contributed by atoms with E-state index in [9.17, 15) is 9.59 Å². The van der Waals surface area contributed by atoms with Crippen molar-refractivity contribution >= 4 is 11.8 Å². The van der Waals surface area contributed by atoms with Crippen molar-refractivity contribution in [1.82, 2.24) is 9.80 Å². The number of likely N-dealkylation sites (N-methyl/N-ethyl adjacent to an activating group) is 1. The summed E-state index contributed by atoms with van der Waals surface area (Å²) < 4.78 is 0. The number of rotatable bonds is 2. The number of nitrogens with zero attached hydrogens (tertiary/aromatic N) is 2. The Hall–Kier alpha value is -1.84. The SMILES string of the molecule is CN1CC2(CCN(C(=O)C3CCCCCC3)CC2)C[C@H](c2ccccc2)C1=O. The fraction of sp³-hybridized carbons (Fsp3) is 0.667. The summed E-state index contributed by atoms with van der Waals surface area (Å²) in [5.74, 6) is 0.860. The zero-order valence-electron chi connectivity index (χ0n) is 17.2. The van der Waals surface area contributed by atoms with Gasteiger partial charge in [0.25, 0.3) is 0 Å². The first-order valence-corrected chi connectivity index (χ1v) is 11.2. The van der Waals surface area contributed by atoms with Crippen molar-refractivity contribution in [2.24, 2.45) is 11.3 Å². The molecule has 28 heavy (non-hydrogen) atoms. The highest BCUT2D eigenvalue weighted by atomic mass is 16.2. The molecular formula is C24H34N2O2. The third-order valence-corrected chi connectivity index (χ3v) is 7.43. The van der Waals surface area contributed by atoms with Crippen molar-refractivity contribution in [3.63, 3.8) is 0 Å². The lowest BCUT2D eigenvalue weighted by molar-refractivity contribution is -0.144. The third-order valence-electron chi connectivity index (χ3n) is 7.43. The molecular weight excluding hydrogens is 348 g/mol. The third kappa shape index (κ3) is 3.97. The van der Waals surface area contributed by atoms with E-state index in [4.69, 9.17) is 0 Å². The zero-order valence-corrected chi connectivity index (χ0v) is 17.2. The Morgan fingerprint density at radius 2 is 1.64 bits per heavy atom. The van der Waals surface area contributed by atoms with Crippen LogP contribution < -0.4 is 0 Å². The van der Waals surface area contributed by atoms with Crippen LogP contribution in [0.15, 0.2) is 30.3 Å². The lowest BCUT2D eigenvalue weighted by Crippen LogP contribution is -2.54. The molecule has 2 aliphatic heterocycles. The van der Waals surface area contributed by atoms with Gasteiger partial charge in [-0.15, -0.1) is 0 Å². The molecule has 1 aromatic carbocycles. The summed E-state index contributed by atoms with van der Waals surface area (Å²) in [4.78, 5) is 29.9. The number of amides is 2. The molecule has 4 heteroatoms. The van der Waals surface area contributed by atoms with Crippen LogP contribution >= 0.6 is 0 Å². The Kier molecular flexibility index (Phi) is 5.75. The van der Waals surface area contributed by atoms with E-state index in [1.807, 2.05) is 30.1 Å². The molecule has 4 rings (SSSR count). The van der Waals surface area contributed by atoms with Gasteiger partial charge < -0.3 is 9.80 Å². The maximum Gasteiger partial charge on any atom is 0.229 e. The van der Waals surface area contributed by atoms with Crippen molar-refractivity contribution in [2.75, 3.05) is 26.7 Å². The maximum absolute atomic E-state index is 13.0. The van der Waals surface area contributed by atoms with E-state index in [1.54, 1.807) is 0 Å². The highest BCUT2D eigenvalue weighted by Gasteiger charge is 2.45. The number of benzene rings is 1. The largest absolute Gasteiger partial charge is 0.345 e. The minimum absolute atomic E-state index is 0.0379. The summed E-state index contributed by atoms with van der Waals surface area (Å²) in [6, 6.07) is 10.2. The molecule has 1 aliphatic carbocycles. The van der Waals surface area contributed by atoms with E-state index >= 15 is 0 Å². The summed E-state index contributed by atoms with van der Waals surface area (Å²) in [5.41, 5.74) is 1.29. The summed E-state index contributed by atoms with van der Waals surface area (Å²) in [7, 11) is 1.95. The molecule has 0 unspecified atom stereocenters. The quantitative estimate of drug-likeness (QED) is 0.719. The van der Waals surface area contributed by atoms with Crippen molar-refractivity contribution in [2.45, 2.75) is 63.7 Å². The molecule has 2 amide bonds. The second-order valence-electron chi connectivity index (χ2n) is 9.38. The lowest BCUT2D eigenvalue weighted by atomic mass is 9.67. The van der Waals surface area contributed by atoms with Crippen LogP contribution in [0.2, 0.25) is 0 Å². The van der Waals surface area contributed by atoms with Gasteiger partial charge in [0.1, 0.15) is 0 Å². The molecule has 0 bridgehead atoms. The van der Waals surface area contributed by atoms with Gasteiger partial charge in [-0.1, -0.05) is 56.0 Å². The first-order valence-electron chi connectivity index (χ1n) is 11.2. The van der Waals surface area contributed by atoms with Crippen LogP contribution in [0.4, 0.5) is 0 Å². The number of carbonyl (C=O) groups excluding carboxylic acids is 2. The van der Waals surface area contributed by atoms with Crippen LogP contribution in [-0.2, 0) is 9.59 Å². The molecule has 2 heterocycles. The normalized spacial score (nSPS) is 26.3. The van der Waals surface area contributed by atoms with Crippen LogP contribution in [0.1, 0.15) is 69.3 Å². The number of hydrogen-bond donors (Lipinski definition) is 0. The van der Waals surface area contributed by atoms with Crippen LogP contribution in [0.25, 0.3) is 0 Å². The predicted octanol–water partition coefficient (Wildman–Crippen LogP) is 4.21. The fourth-order valence-corrected chi connectivity index (χ4v) is 5.73. The van der Waals surface area contributed by atoms with Gasteiger partial charge in [0.15, 0.2) is 0 Å². The highest BCUT2D eigenvalue weighted by molar-refractivity contribution is 5.84. The summed E-state index contributed by atoms with van der Waals surface area (Å²) in [5, 5.41) is 0. The standard InChI is InChI=1S/C24H34N2O2/c1-25-18-24(17-21(23(25)28)19-9-7-4-8-10-19)13-15-26(16-14-24)22(27)20-11-5-2-3-6-12-20/h4,7-10,20-21H,2-3,5-6,11-18H2,1H3/t21-/m1/s1.